The number of rotatable bonds is 1. The van der Waals surface area contributed by atoms with Crippen molar-refractivity contribution >= 4 is 33.0 Å². The zero-order chi connectivity index (χ0) is 12.7. The maximum atomic E-state index is 8.96. The number of nitriles is 1. The molecule has 92 valence electrons. The van der Waals surface area contributed by atoms with Gasteiger partial charge in [0.15, 0.2) is 0 Å². The van der Waals surface area contributed by atoms with E-state index in [-0.39, 0.29) is 0 Å². The van der Waals surface area contributed by atoms with E-state index in [9.17, 15) is 0 Å². The molecule has 2 heterocycles. The first-order valence-electron chi connectivity index (χ1n) is 5.98. The summed E-state index contributed by atoms with van der Waals surface area (Å²) in [6, 6.07) is 6.34. The van der Waals surface area contributed by atoms with E-state index in [1.54, 1.807) is 11.3 Å². The number of hydrogen-bond donors (Lipinski definition) is 0. The van der Waals surface area contributed by atoms with Crippen molar-refractivity contribution in [2.24, 2.45) is 0 Å². The summed E-state index contributed by atoms with van der Waals surface area (Å²) in [4.78, 5) is 3.50. The van der Waals surface area contributed by atoms with Crippen LogP contribution in [-0.2, 0) is 19.4 Å². The molecule has 3 rings (SSSR count). The van der Waals surface area contributed by atoms with Crippen LogP contribution in [0.1, 0.15) is 16.0 Å². The minimum atomic E-state index is 0.500. The van der Waals surface area contributed by atoms with Crippen LogP contribution in [-0.4, -0.2) is 18.5 Å². The normalized spacial score (nSPS) is 15.6. The average Bonchev–Trinajstić information content (AvgIpc) is 2.56. The Morgan fingerprint density at radius 3 is 3.06 bits per heavy atom. The first-order valence-corrected chi connectivity index (χ1v) is 7.17. The zero-order valence-electron chi connectivity index (χ0n) is 10.2. The van der Waals surface area contributed by atoms with Crippen LogP contribution in [0.2, 0.25) is 5.02 Å². The largest absolute Gasteiger partial charge is 0.302 e. The molecule has 0 N–H and O–H groups in total. The second-order valence-corrected chi connectivity index (χ2v) is 6.27. The van der Waals surface area contributed by atoms with Crippen molar-refractivity contribution in [1.29, 1.82) is 5.26 Å². The van der Waals surface area contributed by atoms with Crippen LogP contribution in [0.4, 0.5) is 0 Å². The van der Waals surface area contributed by atoms with Gasteiger partial charge in [-0.05, 0) is 36.7 Å². The van der Waals surface area contributed by atoms with E-state index in [1.165, 1.54) is 26.1 Å². The quantitative estimate of drug-likeness (QED) is 0.796. The van der Waals surface area contributed by atoms with E-state index in [4.69, 9.17) is 16.9 Å². The fraction of sp³-hybridized carbons (Fsp3) is 0.357. The van der Waals surface area contributed by atoms with Crippen LogP contribution >= 0.6 is 22.9 Å². The third kappa shape index (κ3) is 1.81. The minimum absolute atomic E-state index is 0.500. The molecule has 0 fully saturated rings. The predicted octanol–water partition coefficient (Wildman–Crippen LogP) is 3.61. The summed E-state index contributed by atoms with van der Waals surface area (Å²) in [5, 5.41) is 11.1. The van der Waals surface area contributed by atoms with E-state index in [1.807, 2.05) is 6.07 Å². The highest BCUT2D eigenvalue weighted by molar-refractivity contribution is 7.19. The van der Waals surface area contributed by atoms with Crippen LogP contribution in [0.5, 0.6) is 0 Å². The van der Waals surface area contributed by atoms with Gasteiger partial charge in [0, 0.05) is 33.1 Å². The molecule has 0 saturated heterocycles. The van der Waals surface area contributed by atoms with Crippen LogP contribution < -0.4 is 0 Å². The standard InChI is InChI=1S/C14H13ClN2S/c1-17-7-5-9-11(15)2-3-13-14(9)10(8-17)12(18-13)4-6-16/h2-3H,4-5,7-8H2,1H3. The first kappa shape index (κ1) is 12.0. The summed E-state index contributed by atoms with van der Waals surface area (Å²) < 4.78 is 1.27. The maximum absolute atomic E-state index is 8.96. The highest BCUT2D eigenvalue weighted by atomic mass is 35.5. The SMILES string of the molecule is CN1CCc2c(Cl)ccc3sc(CC#N)c(c23)C1. The Kier molecular flexibility index (Phi) is 3.03. The first-order chi connectivity index (χ1) is 8.70. The Morgan fingerprint density at radius 1 is 1.44 bits per heavy atom. The molecule has 0 spiro atoms. The Morgan fingerprint density at radius 2 is 2.28 bits per heavy atom. The zero-order valence-corrected chi connectivity index (χ0v) is 11.7. The Labute approximate surface area is 115 Å². The number of hydrogen-bond acceptors (Lipinski definition) is 3. The Bertz CT molecular complexity index is 654. The fourth-order valence-corrected chi connectivity index (χ4v) is 4.06. The van der Waals surface area contributed by atoms with E-state index < -0.39 is 0 Å². The topological polar surface area (TPSA) is 27.0 Å². The van der Waals surface area contributed by atoms with Crippen molar-refractivity contribution in [3.63, 3.8) is 0 Å². The predicted molar refractivity (Wildman–Crippen MR) is 76.2 cm³/mol. The lowest BCUT2D eigenvalue weighted by Gasteiger charge is -2.13. The van der Waals surface area contributed by atoms with Gasteiger partial charge in [0.05, 0.1) is 12.5 Å². The van der Waals surface area contributed by atoms with E-state index >= 15 is 0 Å². The van der Waals surface area contributed by atoms with Gasteiger partial charge in [-0.15, -0.1) is 11.3 Å². The minimum Gasteiger partial charge on any atom is -0.302 e. The lowest BCUT2D eigenvalue weighted by atomic mass is 10.0. The summed E-state index contributed by atoms with van der Waals surface area (Å²) >= 11 is 8.08. The van der Waals surface area contributed by atoms with Gasteiger partial charge in [-0.25, -0.2) is 0 Å². The van der Waals surface area contributed by atoms with Gasteiger partial charge in [-0.2, -0.15) is 5.26 Å². The summed E-state index contributed by atoms with van der Waals surface area (Å²) in [5.41, 5.74) is 2.57. The molecule has 0 radical (unpaired) electrons. The van der Waals surface area contributed by atoms with Gasteiger partial charge in [-0.1, -0.05) is 11.6 Å². The Hall–Kier alpha value is -1.08. The van der Waals surface area contributed by atoms with Gasteiger partial charge in [0.2, 0.25) is 0 Å². The molecule has 1 aliphatic rings. The van der Waals surface area contributed by atoms with Gasteiger partial charge >= 0.3 is 0 Å². The van der Waals surface area contributed by atoms with Crippen LogP contribution in [0, 0.1) is 11.3 Å². The number of benzene rings is 1. The molecular formula is C14H13ClN2S. The Balaban J connectivity index is 2.32. The molecular weight excluding hydrogens is 264 g/mol. The third-order valence-corrected chi connectivity index (χ3v) is 5.05. The summed E-state index contributed by atoms with van der Waals surface area (Å²) in [7, 11) is 2.12. The van der Waals surface area contributed by atoms with Crippen molar-refractivity contribution in [1.82, 2.24) is 4.90 Å². The number of likely N-dealkylation sites (N-methyl/N-ethyl adjacent to an activating group) is 1. The van der Waals surface area contributed by atoms with Gasteiger partial charge in [0.1, 0.15) is 0 Å². The molecule has 4 heteroatoms. The average molecular weight is 277 g/mol. The molecule has 18 heavy (non-hydrogen) atoms. The van der Waals surface area contributed by atoms with Gasteiger partial charge < -0.3 is 4.90 Å². The molecule has 0 amide bonds. The lowest BCUT2D eigenvalue weighted by Crippen LogP contribution is -2.18. The van der Waals surface area contributed by atoms with Crippen LogP contribution in [0.25, 0.3) is 10.1 Å². The van der Waals surface area contributed by atoms with Crippen molar-refractivity contribution in [3.05, 3.63) is 33.2 Å². The lowest BCUT2D eigenvalue weighted by molar-refractivity contribution is 0.336. The fourth-order valence-electron chi connectivity index (χ4n) is 2.63. The molecule has 0 aliphatic carbocycles. The smallest absolute Gasteiger partial charge is 0.0699 e. The van der Waals surface area contributed by atoms with Crippen molar-refractivity contribution in [3.8, 4) is 6.07 Å². The summed E-state index contributed by atoms with van der Waals surface area (Å²) in [6.07, 6.45) is 1.49. The molecule has 1 aliphatic heterocycles. The molecule has 2 nitrogen and oxygen atoms in total. The number of nitrogens with zero attached hydrogens (tertiary/aromatic N) is 2. The molecule has 0 unspecified atom stereocenters. The van der Waals surface area contributed by atoms with Crippen molar-refractivity contribution in [2.45, 2.75) is 19.4 Å². The van der Waals surface area contributed by atoms with Crippen LogP contribution in [0.3, 0.4) is 0 Å². The number of halogens is 1. The van der Waals surface area contributed by atoms with Crippen LogP contribution in [0.15, 0.2) is 12.1 Å². The van der Waals surface area contributed by atoms with Crippen molar-refractivity contribution < 1.29 is 0 Å². The van der Waals surface area contributed by atoms with E-state index in [2.05, 4.69) is 24.1 Å². The van der Waals surface area contributed by atoms with E-state index in [0.29, 0.717) is 6.42 Å². The van der Waals surface area contributed by atoms with Crippen molar-refractivity contribution in [2.75, 3.05) is 13.6 Å². The molecule has 1 aromatic carbocycles. The summed E-state index contributed by atoms with van der Waals surface area (Å²) in [6.45, 7) is 1.94. The molecule has 2 aromatic rings. The highest BCUT2D eigenvalue weighted by Gasteiger charge is 2.21. The second kappa shape index (κ2) is 4.55. The van der Waals surface area contributed by atoms with Gasteiger partial charge in [-0.3, -0.25) is 0 Å². The molecule has 0 bridgehead atoms. The van der Waals surface area contributed by atoms with Gasteiger partial charge in [0.25, 0.3) is 0 Å². The highest BCUT2D eigenvalue weighted by Crippen LogP contribution is 2.39. The maximum Gasteiger partial charge on any atom is 0.0699 e. The van der Waals surface area contributed by atoms with E-state index in [0.717, 1.165) is 24.5 Å². The molecule has 0 saturated carbocycles. The molecule has 1 aromatic heterocycles. The monoisotopic (exact) mass is 276 g/mol. The third-order valence-electron chi connectivity index (χ3n) is 3.50. The summed E-state index contributed by atoms with van der Waals surface area (Å²) in [5.74, 6) is 0. The second-order valence-electron chi connectivity index (χ2n) is 4.73. The number of thiophene rings is 1. The molecule has 0 atom stereocenters.